The van der Waals surface area contributed by atoms with Gasteiger partial charge in [0.05, 0.1) is 15.5 Å². The first-order valence-electron chi connectivity index (χ1n) is 5.95. The Morgan fingerprint density at radius 3 is 2.69 bits per heavy atom. The fourth-order valence-corrected chi connectivity index (χ4v) is 2.88. The number of rotatable bonds is 4. The van der Waals surface area contributed by atoms with Gasteiger partial charge in [-0.1, -0.05) is 0 Å². The summed E-state index contributed by atoms with van der Waals surface area (Å²) >= 11 is 1.64. The van der Waals surface area contributed by atoms with Gasteiger partial charge in [-0.25, -0.2) is 4.98 Å². The summed E-state index contributed by atoms with van der Waals surface area (Å²) in [6.07, 6.45) is 5.50. The van der Waals surface area contributed by atoms with Crippen LogP contribution >= 0.6 is 11.3 Å². The van der Waals surface area contributed by atoms with E-state index in [4.69, 9.17) is 0 Å². The Kier molecular flexibility index (Phi) is 3.62. The van der Waals surface area contributed by atoms with E-state index in [9.17, 15) is 5.11 Å². The van der Waals surface area contributed by atoms with Crippen LogP contribution in [0.2, 0.25) is 0 Å². The van der Waals surface area contributed by atoms with Crippen molar-refractivity contribution in [2.45, 2.75) is 38.7 Å². The van der Waals surface area contributed by atoms with E-state index in [0.717, 1.165) is 22.9 Å². The summed E-state index contributed by atoms with van der Waals surface area (Å²) in [5.41, 5.74) is -0.746. The fourth-order valence-electron chi connectivity index (χ4n) is 1.97. The SMILES string of the molecule is CC(C)(O)c1cnc(CCN2CCCC2)s1. The van der Waals surface area contributed by atoms with Crippen LogP contribution in [-0.4, -0.2) is 34.6 Å². The van der Waals surface area contributed by atoms with E-state index in [1.807, 2.05) is 20.0 Å². The van der Waals surface area contributed by atoms with Crippen molar-refractivity contribution in [1.29, 1.82) is 0 Å². The third-order valence-corrected chi connectivity index (χ3v) is 4.37. The first kappa shape index (κ1) is 12.0. The molecule has 3 nitrogen and oxygen atoms in total. The molecule has 2 rings (SSSR count). The largest absolute Gasteiger partial charge is 0.385 e. The molecular weight excluding hydrogens is 220 g/mol. The lowest BCUT2D eigenvalue weighted by Crippen LogP contribution is -2.21. The normalized spacial score (nSPS) is 18.2. The van der Waals surface area contributed by atoms with Gasteiger partial charge in [0.1, 0.15) is 0 Å². The predicted molar refractivity (Wildman–Crippen MR) is 66.7 cm³/mol. The van der Waals surface area contributed by atoms with Crippen LogP contribution < -0.4 is 0 Å². The molecule has 0 spiro atoms. The molecule has 0 atom stereocenters. The molecule has 0 amide bonds. The van der Waals surface area contributed by atoms with E-state index in [0.29, 0.717) is 0 Å². The number of nitrogens with zero attached hydrogens (tertiary/aromatic N) is 2. The minimum absolute atomic E-state index is 0.746. The van der Waals surface area contributed by atoms with Crippen LogP contribution in [0.3, 0.4) is 0 Å². The van der Waals surface area contributed by atoms with Gasteiger partial charge in [0, 0.05) is 19.2 Å². The Bertz CT molecular complexity index is 337. The number of hydrogen-bond acceptors (Lipinski definition) is 4. The molecule has 16 heavy (non-hydrogen) atoms. The molecule has 1 fully saturated rings. The van der Waals surface area contributed by atoms with Crippen LogP contribution in [-0.2, 0) is 12.0 Å². The lowest BCUT2D eigenvalue weighted by molar-refractivity contribution is 0.0823. The molecule has 0 unspecified atom stereocenters. The van der Waals surface area contributed by atoms with Gasteiger partial charge < -0.3 is 10.0 Å². The van der Waals surface area contributed by atoms with E-state index in [2.05, 4.69) is 9.88 Å². The van der Waals surface area contributed by atoms with Crippen LogP contribution in [0, 0.1) is 0 Å². The highest BCUT2D eigenvalue weighted by molar-refractivity contribution is 7.11. The standard InChI is InChI=1S/C12H20N2OS/c1-12(2,15)10-9-13-11(16-10)5-8-14-6-3-4-7-14/h9,15H,3-8H2,1-2H3. The molecule has 1 aliphatic heterocycles. The molecule has 1 aromatic rings. The van der Waals surface area contributed by atoms with Gasteiger partial charge in [-0.3, -0.25) is 0 Å². The maximum Gasteiger partial charge on any atom is 0.0948 e. The zero-order chi connectivity index (χ0) is 11.6. The lowest BCUT2D eigenvalue weighted by Gasteiger charge is -2.14. The molecular formula is C12H20N2OS. The molecule has 4 heteroatoms. The highest BCUT2D eigenvalue weighted by Gasteiger charge is 2.19. The molecule has 1 N–H and O–H groups in total. The molecule has 1 aliphatic rings. The molecule has 90 valence electrons. The zero-order valence-corrected chi connectivity index (χ0v) is 10.9. The third-order valence-electron chi connectivity index (χ3n) is 3.00. The van der Waals surface area contributed by atoms with E-state index < -0.39 is 5.60 Å². The maximum absolute atomic E-state index is 9.84. The highest BCUT2D eigenvalue weighted by Crippen LogP contribution is 2.26. The second-order valence-electron chi connectivity index (χ2n) is 4.98. The highest BCUT2D eigenvalue weighted by atomic mass is 32.1. The Labute approximate surface area is 101 Å². The van der Waals surface area contributed by atoms with Gasteiger partial charge in [0.15, 0.2) is 0 Å². The second kappa shape index (κ2) is 4.82. The van der Waals surface area contributed by atoms with Crippen LogP contribution in [0.5, 0.6) is 0 Å². The molecule has 1 aromatic heterocycles. The van der Waals surface area contributed by atoms with Crippen molar-refractivity contribution in [1.82, 2.24) is 9.88 Å². The third kappa shape index (κ3) is 3.03. The first-order valence-corrected chi connectivity index (χ1v) is 6.77. The summed E-state index contributed by atoms with van der Waals surface area (Å²) in [7, 11) is 0. The monoisotopic (exact) mass is 240 g/mol. The van der Waals surface area contributed by atoms with Gasteiger partial charge in [-0.15, -0.1) is 11.3 Å². The average Bonchev–Trinajstić information content (AvgIpc) is 2.85. The number of hydrogen-bond donors (Lipinski definition) is 1. The molecule has 2 heterocycles. The minimum atomic E-state index is -0.746. The van der Waals surface area contributed by atoms with Crippen molar-refractivity contribution in [3.63, 3.8) is 0 Å². The topological polar surface area (TPSA) is 36.4 Å². The maximum atomic E-state index is 9.84. The van der Waals surface area contributed by atoms with Gasteiger partial charge in [-0.2, -0.15) is 0 Å². The summed E-state index contributed by atoms with van der Waals surface area (Å²) in [6, 6.07) is 0. The summed E-state index contributed by atoms with van der Waals surface area (Å²) in [6.45, 7) is 7.21. The molecule has 1 saturated heterocycles. The van der Waals surface area contributed by atoms with E-state index in [-0.39, 0.29) is 0 Å². The fraction of sp³-hybridized carbons (Fsp3) is 0.750. The lowest BCUT2D eigenvalue weighted by atomic mass is 10.1. The van der Waals surface area contributed by atoms with E-state index in [1.54, 1.807) is 11.3 Å². The molecule has 0 aromatic carbocycles. The smallest absolute Gasteiger partial charge is 0.0948 e. The quantitative estimate of drug-likeness (QED) is 0.874. The first-order chi connectivity index (χ1) is 7.55. The van der Waals surface area contributed by atoms with Crippen molar-refractivity contribution >= 4 is 11.3 Å². The van der Waals surface area contributed by atoms with Crippen LogP contribution in [0.1, 0.15) is 36.6 Å². The van der Waals surface area contributed by atoms with Gasteiger partial charge in [0.25, 0.3) is 0 Å². The number of thiazole rings is 1. The summed E-state index contributed by atoms with van der Waals surface area (Å²) < 4.78 is 0. The average molecular weight is 240 g/mol. The van der Waals surface area contributed by atoms with E-state index in [1.165, 1.54) is 25.9 Å². The Balaban J connectivity index is 1.87. The molecule has 0 bridgehead atoms. The Morgan fingerprint density at radius 1 is 1.44 bits per heavy atom. The van der Waals surface area contributed by atoms with Crippen molar-refractivity contribution in [2.24, 2.45) is 0 Å². The van der Waals surface area contributed by atoms with Gasteiger partial charge in [-0.05, 0) is 39.8 Å². The van der Waals surface area contributed by atoms with Crippen molar-refractivity contribution in [2.75, 3.05) is 19.6 Å². The minimum Gasteiger partial charge on any atom is -0.385 e. The Hall–Kier alpha value is -0.450. The van der Waals surface area contributed by atoms with Crippen molar-refractivity contribution in [3.05, 3.63) is 16.1 Å². The second-order valence-corrected chi connectivity index (χ2v) is 6.09. The van der Waals surface area contributed by atoms with Gasteiger partial charge in [0.2, 0.25) is 0 Å². The predicted octanol–water partition coefficient (Wildman–Crippen LogP) is 2.01. The van der Waals surface area contributed by atoms with Crippen molar-refractivity contribution < 1.29 is 5.11 Å². The van der Waals surface area contributed by atoms with E-state index >= 15 is 0 Å². The Morgan fingerprint density at radius 2 is 2.12 bits per heavy atom. The summed E-state index contributed by atoms with van der Waals surface area (Å²) in [5, 5.41) is 11.0. The van der Waals surface area contributed by atoms with Crippen LogP contribution in [0.25, 0.3) is 0 Å². The number of likely N-dealkylation sites (tertiary alicyclic amines) is 1. The number of aliphatic hydroxyl groups is 1. The molecule has 0 radical (unpaired) electrons. The van der Waals surface area contributed by atoms with Gasteiger partial charge >= 0.3 is 0 Å². The summed E-state index contributed by atoms with van der Waals surface area (Å²) in [4.78, 5) is 7.83. The molecule has 0 aliphatic carbocycles. The van der Waals surface area contributed by atoms with Crippen molar-refractivity contribution in [3.8, 4) is 0 Å². The zero-order valence-electron chi connectivity index (χ0n) is 10.1. The van der Waals surface area contributed by atoms with Crippen LogP contribution in [0.4, 0.5) is 0 Å². The summed E-state index contributed by atoms with van der Waals surface area (Å²) in [5.74, 6) is 0. The number of aromatic nitrogens is 1. The molecule has 0 saturated carbocycles. The van der Waals surface area contributed by atoms with Crippen LogP contribution in [0.15, 0.2) is 6.20 Å².